The van der Waals surface area contributed by atoms with Crippen molar-refractivity contribution in [2.45, 2.75) is 94.1 Å². The molecule has 9 nitrogen and oxygen atoms in total. The Labute approximate surface area is 152 Å². The van der Waals surface area contributed by atoms with Crippen LogP contribution in [0.1, 0.15) is 40.0 Å². The van der Waals surface area contributed by atoms with Gasteiger partial charge in [-0.15, -0.1) is 0 Å². The summed E-state index contributed by atoms with van der Waals surface area (Å²) >= 11 is 0. The van der Waals surface area contributed by atoms with Crippen molar-refractivity contribution < 1.29 is 39.4 Å². The third kappa shape index (κ3) is 3.89. The van der Waals surface area contributed by atoms with Crippen molar-refractivity contribution in [3.63, 3.8) is 0 Å². The molecule has 3 rings (SSSR count). The second-order valence-corrected chi connectivity index (χ2v) is 8.11. The second kappa shape index (κ2) is 6.97. The predicted octanol–water partition coefficient (Wildman–Crippen LogP) is -1.59. The molecule has 3 aliphatic rings. The van der Waals surface area contributed by atoms with E-state index in [4.69, 9.17) is 14.2 Å². The Balaban J connectivity index is 1.58. The first-order chi connectivity index (χ1) is 12.0. The van der Waals surface area contributed by atoms with Crippen LogP contribution in [-0.2, 0) is 19.0 Å². The summed E-state index contributed by atoms with van der Waals surface area (Å²) in [4.78, 5) is 12.5. The quantitative estimate of drug-likeness (QED) is 0.398. The van der Waals surface area contributed by atoms with Crippen LogP contribution < -0.4 is 5.32 Å². The lowest BCUT2D eigenvalue weighted by Crippen LogP contribution is -2.59. The summed E-state index contributed by atoms with van der Waals surface area (Å²) in [5.41, 5.74) is -1.78. The fourth-order valence-corrected chi connectivity index (χ4v) is 4.07. The van der Waals surface area contributed by atoms with Crippen molar-refractivity contribution in [3.8, 4) is 0 Å². The van der Waals surface area contributed by atoms with E-state index in [1.165, 1.54) is 0 Å². The molecule has 150 valence electrons. The van der Waals surface area contributed by atoms with Crippen LogP contribution in [0.5, 0.6) is 0 Å². The van der Waals surface area contributed by atoms with Crippen LogP contribution in [0.3, 0.4) is 0 Å². The molecule has 2 heterocycles. The fraction of sp³-hybridized carbons (Fsp3) is 0.941. The van der Waals surface area contributed by atoms with Crippen LogP contribution in [0.2, 0.25) is 0 Å². The number of carbonyl (C=O) groups excluding carboxylic acids is 1. The third-order valence-corrected chi connectivity index (χ3v) is 5.39. The van der Waals surface area contributed by atoms with E-state index in [0.29, 0.717) is 0 Å². The first-order valence-corrected chi connectivity index (χ1v) is 9.07. The molecule has 1 saturated carbocycles. The summed E-state index contributed by atoms with van der Waals surface area (Å²) in [6.45, 7) is 5.17. The minimum atomic E-state index is -1.78. The molecule has 0 spiro atoms. The Morgan fingerprint density at radius 1 is 1.15 bits per heavy atom. The van der Waals surface area contributed by atoms with Crippen molar-refractivity contribution in [2.75, 3.05) is 6.54 Å². The summed E-state index contributed by atoms with van der Waals surface area (Å²) in [7, 11) is 0. The molecule has 26 heavy (non-hydrogen) atoms. The smallest absolute Gasteiger partial charge is 0.252 e. The van der Waals surface area contributed by atoms with Crippen molar-refractivity contribution >= 4 is 5.91 Å². The fourth-order valence-electron chi connectivity index (χ4n) is 4.07. The van der Waals surface area contributed by atoms with E-state index in [0.717, 1.165) is 0 Å². The molecular formula is C17H29NO8. The monoisotopic (exact) mass is 375 g/mol. The Bertz CT molecular complexity index is 531. The average Bonchev–Trinajstić information content (AvgIpc) is 2.84. The highest BCUT2D eigenvalue weighted by Gasteiger charge is 2.55. The van der Waals surface area contributed by atoms with Crippen LogP contribution >= 0.6 is 0 Å². The molecule has 0 radical (unpaired) electrons. The minimum Gasteiger partial charge on any atom is -0.390 e. The van der Waals surface area contributed by atoms with Crippen LogP contribution in [0.4, 0.5) is 0 Å². The molecule has 2 aliphatic heterocycles. The normalized spacial score (nSPS) is 48.0. The van der Waals surface area contributed by atoms with E-state index < -0.39 is 60.0 Å². The first-order valence-electron chi connectivity index (χ1n) is 9.07. The summed E-state index contributed by atoms with van der Waals surface area (Å²) in [5, 5.41) is 43.2. The van der Waals surface area contributed by atoms with Gasteiger partial charge in [0.15, 0.2) is 5.79 Å². The number of aliphatic hydroxyl groups excluding tert-OH is 3. The molecule has 0 bridgehead atoms. The summed E-state index contributed by atoms with van der Waals surface area (Å²) in [6, 6.07) is 0. The van der Waals surface area contributed by atoms with Crippen LogP contribution in [0.25, 0.3) is 0 Å². The molecule has 5 N–H and O–H groups in total. The molecule has 0 aromatic carbocycles. The Morgan fingerprint density at radius 2 is 1.85 bits per heavy atom. The molecule has 0 unspecified atom stereocenters. The van der Waals surface area contributed by atoms with Gasteiger partial charge >= 0.3 is 0 Å². The maximum atomic E-state index is 12.5. The van der Waals surface area contributed by atoms with Gasteiger partial charge in [0.2, 0.25) is 0 Å². The summed E-state index contributed by atoms with van der Waals surface area (Å²) < 4.78 is 16.9. The lowest BCUT2D eigenvalue weighted by molar-refractivity contribution is -0.168. The Morgan fingerprint density at radius 3 is 2.50 bits per heavy atom. The number of carbonyl (C=O) groups is 1. The zero-order valence-electron chi connectivity index (χ0n) is 15.3. The number of rotatable bonds is 3. The standard InChI is InChI=1S/C17H29NO8/c1-8-13(21)10(19)4-9(24-8)7-18-15(22)17(23)5-11(20)14-12(6-17)25-16(2,3)26-14/h8-14,19-21,23H,4-7H2,1-3H3,(H,18,22)/t8-,9-,10+,11-,12-,13-,14+,17-/m1/s1. The number of nitrogens with one attached hydrogen (secondary N) is 1. The Hall–Kier alpha value is -0.810. The van der Waals surface area contributed by atoms with Gasteiger partial charge in [0.05, 0.1) is 30.5 Å². The predicted molar refractivity (Wildman–Crippen MR) is 88.0 cm³/mol. The van der Waals surface area contributed by atoms with E-state index in [1.807, 2.05) is 0 Å². The average molecular weight is 375 g/mol. The number of hydrogen-bond acceptors (Lipinski definition) is 8. The zero-order chi connectivity index (χ0) is 19.3. The molecular weight excluding hydrogens is 346 g/mol. The SMILES string of the molecule is C[C@H]1O[C@@H](CNC(=O)[C@@]2(O)C[C@@H](O)[C@@H]3OC(C)(C)O[C@@H]3C2)C[C@H](O)[C@@H]1O. The number of aliphatic hydroxyl groups is 4. The molecule has 2 saturated heterocycles. The van der Waals surface area contributed by atoms with E-state index in [-0.39, 0.29) is 25.8 Å². The molecule has 1 aliphatic carbocycles. The molecule has 9 heteroatoms. The van der Waals surface area contributed by atoms with Crippen molar-refractivity contribution in [1.29, 1.82) is 0 Å². The molecule has 3 fully saturated rings. The largest absolute Gasteiger partial charge is 0.390 e. The van der Waals surface area contributed by atoms with Gasteiger partial charge in [-0.05, 0) is 20.8 Å². The maximum Gasteiger partial charge on any atom is 0.252 e. The van der Waals surface area contributed by atoms with Gasteiger partial charge in [0.1, 0.15) is 17.8 Å². The van der Waals surface area contributed by atoms with Crippen LogP contribution in [-0.4, -0.2) is 87.0 Å². The number of ether oxygens (including phenoxy) is 3. The lowest BCUT2D eigenvalue weighted by atomic mass is 9.79. The first kappa shape index (κ1) is 19.9. The number of amides is 1. The van der Waals surface area contributed by atoms with Gasteiger partial charge in [-0.2, -0.15) is 0 Å². The summed E-state index contributed by atoms with van der Waals surface area (Å²) in [5.74, 6) is -1.50. The van der Waals surface area contributed by atoms with Gasteiger partial charge in [-0.1, -0.05) is 0 Å². The van der Waals surface area contributed by atoms with Crippen LogP contribution in [0, 0.1) is 0 Å². The highest BCUT2D eigenvalue weighted by atomic mass is 16.8. The number of hydrogen-bond donors (Lipinski definition) is 5. The molecule has 0 aromatic rings. The van der Waals surface area contributed by atoms with Gasteiger partial charge < -0.3 is 40.0 Å². The van der Waals surface area contributed by atoms with Gasteiger partial charge in [0.25, 0.3) is 5.91 Å². The van der Waals surface area contributed by atoms with Gasteiger partial charge in [0, 0.05) is 25.8 Å². The third-order valence-electron chi connectivity index (χ3n) is 5.39. The van der Waals surface area contributed by atoms with Crippen LogP contribution in [0.15, 0.2) is 0 Å². The van der Waals surface area contributed by atoms with Crippen molar-refractivity contribution in [2.24, 2.45) is 0 Å². The molecule has 0 aromatic heterocycles. The molecule has 8 atom stereocenters. The minimum absolute atomic E-state index is 0.0211. The second-order valence-electron chi connectivity index (χ2n) is 8.11. The maximum absolute atomic E-state index is 12.5. The zero-order valence-corrected chi connectivity index (χ0v) is 15.3. The topological polar surface area (TPSA) is 138 Å². The Kier molecular flexibility index (Phi) is 5.35. The van der Waals surface area contributed by atoms with E-state index >= 15 is 0 Å². The van der Waals surface area contributed by atoms with E-state index in [2.05, 4.69) is 5.32 Å². The highest BCUT2D eigenvalue weighted by Crippen LogP contribution is 2.41. The lowest BCUT2D eigenvalue weighted by Gasteiger charge is -2.39. The van der Waals surface area contributed by atoms with Gasteiger partial charge in [-0.25, -0.2) is 0 Å². The summed E-state index contributed by atoms with van der Waals surface area (Å²) in [6.07, 6.45) is -5.02. The van der Waals surface area contributed by atoms with Crippen molar-refractivity contribution in [3.05, 3.63) is 0 Å². The van der Waals surface area contributed by atoms with Gasteiger partial charge in [-0.3, -0.25) is 4.79 Å². The molecule has 1 amide bonds. The van der Waals surface area contributed by atoms with E-state index in [1.54, 1.807) is 20.8 Å². The van der Waals surface area contributed by atoms with Crippen molar-refractivity contribution in [1.82, 2.24) is 5.32 Å². The van der Waals surface area contributed by atoms with E-state index in [9.17, 15) is 25.2 Å². The number of fused-ring (bicyclic) bond motifs is 1. The highest BCUT2D eigenvalue weighted by molar-refractivity contribution is 5.85.